The van der Waals surface area contributed by atoms with Gasteiger partial charge in [-0.2, -0.15) is 5.26 Å². The standard InChI is InChI=1S/C20H20N4O3/c1-10-8-23-20(27-3)17-16(15(19(22)26)11(2)24-18(10)17)14-5-4-12(7-21)6-13(14)9-25/h4-6,8,16,24-25H,9H2,1-3H3,(H2,22,26). The van der Waals surface area contributed by atoms with Crippen molar-refractivity contribution >= 4 is 11.6 Å². The van der Waals surface area contributed by atoms with Crippen LogP contribution >= 0.6 is 0 Å². The summed E-state index contributed by atoms with van der Waals surface area (Å²) >= 11 is 0. The maximum absolute atomic E-state index is 12.3. The lowest BCUT2D eigenvalue weighted by molar-refractivity contribution is -0.114. The quantitative estimate of drug-likeness (QED) is 0.764. The number of hydrogen-bond donors (Lipinski definition) is 3. The molecule has 2 heterocycles. The Kier molecular flexibility index (Phi) is 4.84. The minimum absolute atomic E-state index is 0.281. The second-order valence-corrected chi connectivity index (χ2v) is 6.38. The highest BCUT2D eigenvalue weighted by Crippen LogP contribution is 2.47. The van der Waals surface area contributed by atoms with Crippen LogP contribution in [0.4, 0.5) is 5.69 Å². The molecule has 138 valence electrons. The zero-order valence-electron chi connectivity index (χ0n) is 15.3. The van der Waals surface area contributed by atoms with Crippen molar-refractivity contribution < 1.29 is 14.6 Å². The van der Waals surface area contributed by atoms with E-state index in [0.29, 0.717) is 39.4 Å². The molecular weight excluding hydrogens is 344 g/mol. The van der Waals surface area contributed by atoms with Gasteiger partial charge in [0.1, 0.15) is 0 Å². The highest BCUT2D eigenvalue weighted by Gasteiger charge is 2.36. The molecule has 1 aromatic carbocycles. The number of aromatic nitrogens is 1. The Bertz CT molecular complexity index is 1010. The van der Waals surface area contributed by atoms with Gasteiger partial charge in [-0.15, -0.1) is 0 Å². The molecule has 0 saturated carbocycles. The van der Waals surface area contributed by atoms with E-state index in [1.165, 1.54) is 7.11 Å². The Balaban J connectivity index is 2.38. The first kappa shape index (κ1) is 18.4. The third kappa shape index (κ3) is 3.00. The number of carbonyl (C=O) groups is 1. The second-order valence-electron chi connectivity index (χ2n) is 6.38. The predicted octanol–water partition coefficient (Wildman–Crippen LogP) is 2.08. The first-order chi connectivity index (χ1) is 12.9. The van der Waals surface area contributed by atoms with Crippen molar-refractivity contribution in [3.05, 3.63) is 63.5 Å². The number of nitriles is 1. The van der Waals surface area contributed by atoms with Crippen LogP contribution in [0, 0.1) is 18.3 Å². The predicted molar refractivity (Wildman–Crippen MR) is 100.0 cm³/mol. The molecule has 0 saturated heterocycles. The number of rotatable bonds is 4. The molecule has 0 radical (unpaired) electrons. The summed E-state index contributed by atoms with van der Waals surface area (Å²) in [5.41, 5.74) is 10.7. The lowest BCUT2D eigenvalue weighted by atomic mass is 9.78. The van der Waals surface area contributed by atoms with Crippen LogP contribution < -0.4 is 15.8 Å². The minimum Gasteiger partial charge on any atom is -0.481 e. The molecule has 1 atom stereocenters. The molecule has 1 aliphatic rings. The van der Waals surface area contributed by atoms with E-state index >= 15 is 0 Å². The van der Waals surface area contributed by atoms with Crippen LogP contribution in [0.2, 0.25) is 0 Å². The summed E-state index contributed by atoms with van der Waals surface area (Å²) in [7, 11) is 1.51. The van der Waals surface area contributed by atoms with Crippen LogP contribution in [-0.2, 0) is 11.4 Å². The highest BCUT2D eigenvalue weighted by atomic mass is 16.5. The largest absolute Gasteiger partial charge is 0.481 e. The van der Waals surface area contributed by atoms with Crippen LogP contribution in [0.5, 0.6) is 5.88 Å². The maximum Gasteiger partial charge on any atom is 0.247 e. The summed E-state index contributed by atoms with van der Waals surface area (Å²) in [6, 6.07) is 7.06. The van der Waals surface area contributed by atoms with Gasteiger partial charge < -0.3 is 20.9 Å². The smallest absolute Gasteiger partial charge is 0.247 e. The number of hydrogen-bond acceptors (Lipinski definition) is 6. The number of nitrogens with two attached hydrogens (primary N) is 1. The number of aryl methyl sites for hydroxylation is 1. The number of nitrogens with one attached hydrogen (secondary N) is 1. The summed E-state index contributed by atoms with van der Waals surface area (Å²) in [6.07, 6.45) is 1.69. The molecule has 1 unspecified atom stereocenters. The van der Waals surface area contributed by atoms with Crippen molar-refractivity contribution in [3.8, 4) is 11.9 Å². The molecule has 1 amide bonds. The summed E-state index contributed by atoms with van der Waals surface area (Å²) in [5.74, 6) is -0.781. The van der Waals surface area contributed by atoms with Crippen molar-refractivity contribution in [2.75, 3.05) is 12.4 Å². The molecular formula is C20H20N4O3. The number of nitrogens with zero attached hydrogens (tertiary/aromatic N) is 2. The number of primary amides is 1. The fraction of sp³-hybridized carbons (Fsp3) is 0.250. The van der Waals surface area contributed by atoms with Crippen molar-refractivity contribution in [2.45, 2.75) is 26.4 Å². The molecule has 0 aliphatic carbocycles. The SMILES string of the molecule is COc1ncc(C)c2c1C(c1ccc(C#N)cc1CO)C(C(N)=O)=C(C)N2. The number of allylic oxidation sites excluding steroid dienone is 1. The summed E-state index contributed by atoms with van der Waals surface area (Å²) < 4.78 is 5.46. The minimum atomic E-state index is -0.576. The van der Waals surface area contributed by atoms with Crippen LogP contribution in [0.1, 0.15) is 40.7 Å². The van der Waals surface area contributed by atoms with Gasteiger partial charge in [0.15, 0.2) is 0 Å². The van der Waals surface area contributed by atoms with Gasteiger partial charge in [-0.3, -0.25) is 4.79 Å². The molecule has 7 heteroatoms. The number of pyridine rings is 1. The molecule has 1 aliphatic heterocycles. The molecule has 3 rings (SSSR count). The van der Waals surface area contributed by atoms with Crippen molar-refractivity contribution in [1.82, 2.24) is 4.98 Å². The van der Waals surface area contributed by atoms with Crippen LogP contribution in [0.3, 0.4) is 0 Å². The summed E-state index contributed by atoms with van der Waals surface area (Å²) in [6.45, 7) is 3.41. The summed E-state index contributed by atoms with van der Waals surface area (Å²) in [4.78, 5) is 16.7. The average molecular weight is 364 g/mol. The van der Waals surface area contributed by atoms with Gasteiger partial charge in [-0.25, -0.2) is 4.98 Å². The van der Waals surface area contributed by atoms with Gasteiger partial charge in [-0.05, 0) is 42.7 Å². The van der Waals surface area contributed by atoms with E-state index in [9.17, 15) is 9.90 Å². The normalized spacial score (nSPS) is 15.6. The first-order valence-electron chi connectivity index (χ1n) is 8.37. The maximum atomic E-state index is 12.3. The number of aliphatic hydroxyl groups is 1. The van der Waals surface area contributed by atoms with Crippen LogP contribution in [0.15, 0.2) is 35.7 Å². The van der Waals surface area contributed by atoms with E-state index in [1.807, 2.05) is 6.92 Å². The monoisotopic (exact) mass is 364 g/mol. The summed E-state index contributed by atoms with van der Waals surface area (Å²) in [5, 5.41) is 22.3. The van der Waals surface area contributed by atoms with E-state index < -0.39 is 11.8 Å². The fourth-order valence-electron chi connectivity index (χ4n) is 3.55. The van der Waals surface area contributed by atoms with Gasteiger partial charge in [0.25, 0.3) is 0 Å². The zero-order valence-corrected chi connectivity index (χ0v) is 15.3. The van der Waals surface area contributed by atoms with E-state index in [-0.39, 0.29) is 6.61 Å². The van der Waals surface area contributed by atoms with E-state index in [0.717, 1.165) is 11.3 Å². The molecule has 27 heavy (non-hydrogen) atoms. The molecule has 1 aromatic heterocycles. The molecule has 0 bridgehead atoms. The van der Waals surface area contributed by atoms with Crippen molar-refractivity contribution in [2.24, 2.45) is 5.73 Å². The van der Waals surface area contributed by atoms with Gasteiger partial charge in [0.05, 0.1) is 36.6 Å². The Morgan fingerprint density at radius 3 is 2.78 bits per heavy atom. The number of carbonyl (C=O) groups excluding carboxylic acids is 1. The van der Waals surface area contributed by atoms with E-state index in [4.69, 9.17) is 15.7 Å². The Morgan fingerprint density at radius 2 is 2.19 bits per heavy atom. The number of ether oxygens (including phenoxy) is 1. The second kappa shape index (κ2) is 7.09. The Labute approximate surface area is 157 Å². The van der Waals surface area contributed by atoms with Crippen molar-refractivity contribution in [1.29, 1.82) is 5.26 Å². The Morgan fingerprint density at radius 1 is 1.44 bits per heavy atom. The third-order valence-electron chi connectivity index (χ3n) is 4.78. The Hall–Kier alpha value is -3.37. The molecule has 0 spiro atoms. The fourth-order valence-corrected chi connectivity index (χ4v) is 3.55. The van der Waals surface area contributed by atoms with E-state index in [2.05, 4.69) is 16.4 Å². The van der Waals surface area contributed by atoms with E-state index in [1.54, 1.807) is 31.3 Å². The lowest BCUT2D eigenvalue weighted by Gasteiger charge is -2.32. The zero-order chi connectivity index (χ0) is 19.7. The average Bonchev–Trinajstić information content (AvgIpc) is 2.67. The van der Waals surface area contributed by atoms with Gasteiger partial charge in [0, 0.05) is 23.4 Å². The van der Waals surface area contributed by atoms with Crippen LogP contribution in [0.25, 0.3) is 0 Å². The van der Waals surface area contributed by atoms with Crippen molar-refractivity contribution in [3.63, 3.8) is 0 Å². The van der Waals surface area contributed by atoms with Crippen LogP contribution in [-0.4, -0.2) is 23.1 Å². The molecule has 4 N–H and O–H groups in total. The van der Waals surface area contributed by atoms with Gasteiger partial charge in [0.2, 0.25) is 11.8 Å². The number of fused-ring (bicyclic) bond motifs is 1. The highest BCUT2D eigenvalue weighted by molar-refractivity contribution is 5.98. The molecule has 2 aromatic rings. The molecule has 7 nitrogen and oxygen atoms in total. The van der Waals surface area contributed by atoms with Gasteiger partial charge in [-0.1, -0.05) is 6.07 Å². The topological polar surface area (TPSA) is 121 Å². The number of benzene rings is 1. The number of amides is 1. The van der Waals surface area contributed by atoms with Gasteiger partial charge >= 0.3 is 0 Å². The lowest BCUT2D eigenvalue weighted by Crippen LogP contribution is -2.29. The number of aliphatic hydroxyl groups excluding tert-OH is 1. The number of anilines is 1. The third-order valence-corrected chi connectivity index (χ3v) is 4.78. The molecule has 0 fully saturated rings. The first-order valence-corrected chi connectivity index (χ1v) is 8.37. The number of methoxy groups -OCH3 is 1.